The number of carbonyl (C=O) groups is 1. The van der Waals surface area contributed by atoms with Gasteiger partial charge in [-0.05, 0) is 66.9 Å². The lowest BCUT2D eigenvalue weighted by Gasteiger charge is -2.22. The number of sulfonamides is 1. The largest absolute Gasteiger partial charge is 0.457 e. The van der Waals surface area contributed by atoms with Crippen molar-refractivity contribution in [2.45, 2.75) is 35.8 Å². The average molecular weight is 545 g/mol. The maximum atomic E-state index is 12.9. The van der Waals surface area contributed by atoms with Crippen molar-refractivity contribution in [1.29, 1.82) is 0 Å². The Hall–Kier alpha value is -2.60. The van der Waals surface area contributed by atoms with E-state index in [2.05, 4.69) is 5.32 Å². The van der Waals surface area contributed by atoms with Crippen LogP contribution in [0.15, 0.2) is 64.9 Å². The van der Waals surface area contributed by atoms with E-state index in [9.17, 15) is 26.4 Å². The van der Waals surface area contributed by atoms with E-state index >= 15 is 0 Å². The van der Waals surface area contributed by atoms with Gasteiger partial charge in [0.1, 0.15) is 21.8 Å². The van der Waals surface area contributed by atoms with Crippen molar-refractivity contribution in [1.82, 2.24) is 9.62 Å². The molecule has 1 atom stereocenters. The second kappa shape index (κ2) is 10.2. The van der Waals surface area contributed by atoms with Gasteiger partial charge in [0, 0.05) is 13.1 Å². The molecule has 1 amide bonds. The Morgan fingerprint density at radius 3 is 2.26 bits per heavy atom. The molecule has 1 saturated heterocycles. The van der Waals surface area contributed by atoms with E-state index in [4.69, 9.17) is 16.3 Å². The van der Waals surface area contributed by atoms with Gasteiger partial charge >= 0.3 is 6.18 Å². The number of rotatable bonds is 7. The van der Waals surface area contributed by atoms with E-state index in [-0.39, 0.29) is 29.0 Å². The Morgan fingerprint density at radius 2 is 1.69 bits per heavy atom. The van der Waals surface area contributed by atoms with Crippen LogP contribution in [0.3, 0.4) is 0 Å². The molecule has 0 aliphatic carbocycles. The average Bonchev–Trinajstić information content (AvgIpc) is 3.48. The molecule has 3 aromatic rings. The summed E-state index contributed by atoms with van der Waals surface area (Å²) in [7, 11) is -3.81. The van der Waals surface area contributed by atoms with Gasteiger partial charge in [-0.1, -0.05) is 23.7 Å². The fraction of sp³-hybridized carbons (Fsp3) is 0.261. The lowest BCUT2D eigenvalue weighted by atomic mass is 10.2. The first-order valence-corrected chi connectivity index (χ1v) is 13.2. The molecule has 4 rings (SSSR count). The van der Waals surface area contributed by atoms with Crippen LogP contribution in [0.4, 0.5) is 13.2 Å². The van der Waals surface area contributed by atoms with Crippen LogP contribution in [-0.2, 0) is 27.5 Å². The molecule has 6 nitrogen and oxygen atoms in total. The van der Waals surface area contributed by atoms with Gasteiger partial charge in [0.05, 0.1) is 9.90 Å². The molecule has 1 aromatic heterocycles. The van der Waals surface area contributed by atoms with Crippen LogP contribution >= 0.6 is 22.9 Å². The van der Waals surface area contributed by atoms with E-state index in [1.807, 2.05) is 0 Å². The summed E-state index contributed by atoms with van der Waals surface area (Å²) in [6.45, 7) is 0.431. The van der Waals surface area contributed by atoms with Crippen molar-refractivity contribution in [3.63, 3.8) is 0 Å². The summed E-state index contributed by atoms with van der Waals surface area (Å²) in [6, 6.07) is 13.2. The van der Waals surface area contributed by atoms with Crippen LogP contribution < -0.4 is 10.1 Å². The fourth-order valence-electron chi connectivity index (χ4n) is 3.67. The molecule has 0 bridgehead atoms. The number of carbonyl (C=O) groups excluding carboxylic acids is 1. The smallest absolute Gasteiger partial charge is 0.416 e. The normalized spacial score (nSPS) is 16.9. The standard InChI is InChI=1S/C23H20ClF3N2O4S2/c24-20-11-12-21(34-20)35(31,32)29-13-1-2-19(29)22(30)28-14-15-3-7-17(8-4-15)33-18-9-5-16(6-10-18)23(25,26)27/h3-12,19H,1-2,13-14H2,(H,28,30). The number of thiophene rings is 1. The van der Waals surface area contributed by atoms with E-state index in [1.54, 1.807) is 24.3 Å². The van der Waals surface area contributed by atoms with Crippen LogP contribution in [0.2, 0.25) is 4.34 Å². The number of alkyl halides is 3. The molecular weight excluding hydrogens is 525 g/mol. The maximum Gasteiger partial charge on any atom is 0.416 e. The van der Waals surface area contributed by atoms with Crippen LogP contribution in [0.5, 0.6) is 11.5 Å². The zero-order chi connectivity index (χ0) is 25.2. The van der Waals surface area contributed by atoms with E-state index in [0.29, 0.717) is 22.9 Å². The zero-order valence-electron chi connectivity index (χ0n) is 18.1. The number of ether oxygens (including phenoxy) is 1. The Kier molecular flexibility index (Phi) is 7.41. The lowest BCUT2D eigenvalue weighted by molar-refractivity contribution is -0.137. The topological polar surface area (TPSA) is 75.7 Å². The number of hydrogen-bond donors (Lipinski definition) is 1. The molecule has 0 spiro atoms. The molecule has 2 aromatic carbocycles. The highest BCUT2D eigenvalue weighted by atomic mass is 35.5. The van der Waals surface area contributed by atoms with Crippen molar-refractivity contribution in [2.75, 3.05) is 6.54 Å². The molecule has 2 heterocycles. The Bertz CT molecular complexity index is 1290. The van der Waals surface area contributed by atoms with Gasteiger partial charge in [0.15, 0.2) is 0 Å². The summed E-state index contributed by atoms with van der Waals surface area (Å²) in [5.74, 6) is 0.287. The predicted molar refractivity (Wildman–Crippen MR) is 126 cm³/mol. The molecule has 0 saturated carbocycles. The van der Waals surface area contributed by atoms with Gasteiger partial charge in [0.25, 0.3) is 10.0 Å². The fourth-order valence-corrected chi connectivity index (χ4v) is 6.94. The minimum Gasteiger partial charge on any atom is -0.457 e. The molecule has 12 heteroatoms. The second-order valence-electron chi connectivity index (χ2n) is 7.82. The van der Waals surface area contributed by atoms with Crippen LogP contribution in [0.1, 0.15) is 24.0 Å². The lowest BCUT2D eigenvalue weighted by Crippen LogP contribution is -2.45. The van der Waals surface area contributed by atoms with Crippen molar-refractivity contribution in [3.05, 3.63) is 76.1 Å². The molecule has 1 N–H and O–H groups in total. The number of nitrogens with zero attached hydrogens (tertiary/aromatic N) is 1. The first-order valence-electron chi connectivity index (χ1n) is 10.5. The van der Waals surface area contributed by atoms with Crippen molar-refractivity contribution in [3.8, 4) is 11.5 Å². The third kappa shape index (κ3) is 5.97. The van der Waals surface area contributed by atoms with Gasteiger partial charge in [-0.25, -0.2) is 8.42 Å². The van der Waals surface area contributed by atoms with Gasteiger partial charge in [0.2, 0.25) is 5.91 Å². The third-order valence-corrected chi connectivity index (χ3v) is 9.03. The van der Waals surface area contributed by atoms with E-state index in [0.717, 1.165) is 29.0 Å². The molecule has 1 fully saturated rings. The Labute approximate surface area is 209 Å². The zero-order valence-corrected chi connectivity index (χ0v) is 20.5. The minimum absolute atomic E-state index is 0.103. The molecule has 0 radical (unpaired) electrons. The highest BCUT2D eigenvalue weighted by Gasteiger charge is 2.40. The molecular formula is C23H20ClF3N2O4S2. The molecule has 1 aliphatic rings. The highest BCUT2D eigenvalue weighted by Crippen LogP contribution is 2.33. The highest BCUT2D eigenvalue weighted by molar-refractivity contribution is 7.91. The molecule has 186 valence electrons. The summed E-state index contributed by atoms with van der Waals surface area (Å²) in [4.78, 5) is 12.8. The summed E-state index contributed by atoms with van der Waals surface area (Å²) in [5.41, 5.74) is -0.0145. The van der Waals surface area contributed by atoms with Gasteiger partial charge in [-0.3, -0.25) is 4.79 Å². The van der Waals surface area contributed by atoms with Crippen molar-refractivity contribution >= 4 is 38.9 Å². The van der Waals surface area contributed by atoms with E-state index in [1.165, 1.54) is 28.6 Å². The Balaban J connectivity index is 1.34. The van der Waals surface area contributed by atoms with Gasteiger partial charge in [-0.2, -0.15) is 17.5 Å². The summed E-state index contributed by atoms with van der Waals surface area (Å²) >= 11 is 6.83. The maximum absolute atomic E-state index is 12.9. The predicted octanol–water partition coefficient (Wildman–Crippen LogP) is 5.68. The second-order valence-corrected chi connectivity index (χ2v) is 11.7. The number of halogens is 4. The first-order chi connectivity index (χ1) is 16.5. The molecule has 35 heavy (non-hydrogen) atoms. The SMILES string of the molecule is O=C(NCc1ccc(Oc2ccc(C(F)(F)F)cc2)cc1)C1CCCN1S(=O)(=O)c1ccc(Cl)s1. The number of benzene rings is 2. The van der Waals surface area contributed by atoms with Gasteiger partial charge in [-0.15, -0.1) is 11.3 Å². The monoisotopic (exact) mass is 544 g/mol. The molecule has 1 unspecified atom stereocenters. The van der Waals surface area contributed by atoms with Crippen LogP contribution in [0, 0.1) is 0 Å². The van der Waals surface area contributed by atoms with Crippen LogP contribution in [0.25, 0.3) is 0 Å². The number of amides is 1. The van der Waals surface area contributed by atoms with Gasteiger partial charge < -0.3 is 10.1 Å². The summed E-state index contributed by atoms with van der Waals surface area (Å²) < 4.78 is 71.1. The van der Waals surface area contributed by atoms with Crippen molar-refractivity contribution in [2.24, 2.45) is 0 Å². The number of hydrogen-bond acceptors (Lipinski definition) is 5. The summed E-state index contributed by atoms with van der Waals surface area (Å²) in [6.07, 6.45) is -3.42. The summed E-state index contributed by atoms with van der Waals surface area (Å²) in [5, 5.41) is 2.77. The quantitative estimate of drug-likeness (QED) is 0.415. The third-order valence-electron chi connectivity index (χ3n) is 5.43. The van der Waals surface area contributed by atoms with Crippen LogP contribution in [-0.4, -0.2) is 31.2 Å². The minimum atomic E-state index is -4.41. The number of nitrogens with one attached hydrogen (secondary N) is 1. The Morgan fingerprint density at radius 1 is 1.06 bits per heavy atom. The van der Waals surface area contributed by atoms with E-state index < -0.39 is 27.8 Å². The van der Waals surface area contributed by atoms with Crippen molar-refractivity contribution < 1.29 is 31.1 Å². The first kappa shape index (κ1) is 25.5. The molecule has 1 aliphatic heterocycles.